The zero-order valence-electron chi connectivity index (χ0n) is 13.0. The standard InChI is InChI=1S/C18H28O2/c1-4-7-19-11(2)20-16-10-14-9-15(16)17-12-5-6-13(8-12)18(14,17)3/h5-6,11-17H,4,7-10H2,1-3H3. The second kappa shape index (κ2) is 4.58. The van der Waals surface area contributed by atoms with E-state index in [0.717, 1.165) is 42.6 Å². The van der Waals surface area contributed by atoms with Crippen LogP contribution >= 0.6 is 0 Å². The molecule has 8 atom stereocenters. The van der Waals surface area contributed by atoms with Gasteiger partial charge in [-0.15, -0.1) is 0 Å². The summed E-state index contributed by atoms with van der Waals surface area (Å²) in [6.45, 7) is 7.61. The lowest BCUT2D eigenvalue weighted by Gasteiger charge is -2.45. The summed E-state index contributed by atoms with van der Waals surface area (Å²) in [5.74, 6) is 4.28. The maximum atomic E-state index is 6.26. The van der Waals surface area contributed by atoms with Crippen LogP contribution in [0.5, 0.6) is 0 Å². The van der Waals surface area contributed by atoms with Crippen LogP contribution in [0.3, 0.4) is 0 Å². The number of hydrogen-bond acceptors (Lipinski definition) is 2. The van der Waals surface area contributed by atoms with E-state index in [1.165, 1.54) is 19.3 Å². The van der Waals surface area contributed by atoms with Crippen molar-refractivity contribution in [2.45, 2.75) is 58.8 Å². The van der Waals surface area contributed by atoms with E-state index in [0.29, 0.717) is 11.5 Å². The summed E-state index contributed by atoms with van der Waals surface area (Å²) in [5, 5.41) is 0. The minimum absolute atomic E-state index is 0.0281. The first kappa shape index (κ1) is 13.3. The zero-order valence-corrected chi connectivity index (χ0v) is 13.0. The van der Waals surface area contributed by atoms with Gasteiger partial charge in [0.2, 0.25) is 0 Å². The van der Waals surface area contributed by atoms with Gasteiger partial charge in [0.1, 0.15) is 0 Å². The van der Waals surface area contributed by atoms with Crippen molar-refractivity contribution < 1.29 is 9.47 Å². The topological polar surface area (TPSA) is 18.5 Å². The van der Waals surface area contributed by atoms with E-state index in [1.54, 1.807) is 0 Å². The molecule has 0 heterocycles. The first-order chi connectivity index (χ1) is 9.64. The van der Waals surface area contributed by atoms with Gasteiger partial charge >= 0.3 is 0 Å². The van der Waals surface area contributed by atoms with Gasteiger partial charge in [-0.2, -0.15) is 0 Å². The Balaban J connectivity index is 1.46. The molecule has 4 rings (SSSR count). The summed E-state index contributed by atoms with van der Waals surface area (Å²) in [6.07, 6.45) is 10.6. The average molecular weight is 276 g/mol. The Morgan fingerprint density at radius 3 is 2.90 bits per heavy atom. The van der Waals surface area contributed by atoms with Gasteiger partial charge in [-0.1, -0.05) is 26.0 Å². The third kappa shape index (κ3) is 1.64. The smallest absolute Gasteiger partial charge is 0.155 e. The van der Waals surface area contributed by atoms with Crippen molar-refractivity contribution in [3.05, 3.63) is 12.2 Å². The summed E-state index contributed by atoms with van der Waals surface area (Å²) in [5.41, 5.74) is 0.595. The average Bonchev–Trinajstić information content (AvgIpc) is 3.13. The van der Waals surface area contributed by atoms with E-state index >= 15 is 0 Å². The number of hydrogen-bond donors (Lipinski definition) is 0. The fourth-order valence-electron chi connectivity index (χ4n) is 6.16. The van der Waals surface area contributed by atoms with Crippen molar-refractivity contribution in [2.75, 3.05) is 6.61 Å². The van der Waals surface area contributed by atoms with Crippen LogP contribution in [0.25, 0.3) is 0 Å². The normalized spacial score (nSPS) is 52.8. The van der Waals surface area contributed by atoms with Crippen LogP contribution < -0.4 is 0 Å². The molecule has 0 saturated heterocycles. The van der Waals surface area contributed by atoms with Gasteiger partial charge < -0.3 is 9.47 Å². The Morgan fingerprint density at radius 1 is 1.25 bits per heavy atom. The second-order valence-corrected chi connectivity index (χ2v) is 7.73. The predicted octanol–water partition coefficient (Wildman–Crippen LogP) is 4.01. The van der Waals surface area contributed by atoms with Crippen LogP contribution in [0.15, 0.2) is 12.2 Å². The van der Waals surface area contributed by atoms with Gasteiger partial charge in [-0.3, -0.25) is 0 Å². The summed E-state index contributed by atoms with van der Waals surface area (Å²) >= 11 is 0. The van der Waals surface area contributed by atoms with Crippen LogP contribution in [0, 0.1) is 35.0 Å². The molecule has 3 saturated carbocycles. The molecule has 0 N–H and O–H groups in total. The van der Waals surface area contributed by atoms with Gasteiger partial charge in [0.05, 0.1) is 6.10 Å². The van der Waals surface area contributed by atoms with Crippen LogP contribution in [-0.4, -0.2) is 19.0 Å². The predicted molar refractivity (Wildman–Crippen MR) is 79.1 cm³/mol. The fraction of sp³-hybridized carbons (Fsp3) is 0.889. The molecule has 0 aromatic heterocycles. The van der Waals surface area contributed by atoms with E-state index in [9.17, 15) is 0 Å². The molecule has 0 aromatic carbocycles. The summed E-state index contributed by atoms with van der Waals surface area (Å²) in [4.78, 5) is 0. The third-order valence-electron chi connectivity index (χ3n) is 6.91. The molecule has 2 heteroatoms. The number of rotatable bonds is 5. The van der Waals surface area contributed by atoms with Gasteiger partial charge in [-0.25, -0.2) is 0 Å². The monoisotopic (exact) mass is 276 g/mol. The minimum Gasteiger partial charge on any atom is -0.353 e. The van der Waals surface area contributed by atoms with E-state index in [1.807, 2.05) is 0 Å². The van der Waals surface area contributed by atoms with Crippen LogP contribution in [0.4, 0.5) is 0 Å². The Labute approximate surface area is 122 Å². The Hall–Kier alpha value is -0.340. The molecule has 4 bridgehead atoms. The van der Waals surface area contributed by atoms with Crippen molar-refractivity contribution in [1.29, 1.82) is 0 Å². The van der Waals surface area contributed by atoms with E-state index in [2.05, 4.69) is 32.9 Å². The SMILES string of the molecule is CCCOC(C)OC1CC2CC1C1C3C=CC(C3)C21C. The number of fused-ring (bicyclic) bond motifs is 9. The highest BCUT2D eigenvalue weighted by atomic mass is 16.7. The quantitative estimate of drug-likeness (QED) is 0.429. The maximum absolute atomic E-state index is 6.26. The highest BCUT2D eigenvalue weighted by Gasteiger charge is 2.67. The minimum atomic E-state index is -0.0281. The molecule has 0 spiro atoms. The van der Waals surface area contributed by atoms with Crippen LogP contribution in [0.1, 0.15) is 46.5 Å². The van der Waals surface area contributed by atoms with Gasteiger partial charge in [0.25, 0.3) is 0 Å². The molecule has 112 valence electrons. The highest BCUT2D eigenvalue weighted by molar-refractivity contribution is 5.25. The van der Waals surface area contributed by atoms with Crippen molar-refractivity contribution >= 4 is 0 Å². The molecular weight excluding hydrogens is 248 g/mol. The Kier molecular flexibility index (Phi) is 3.05. The Bertz CT molecular complexity index is 418. The number of allylic oxidation sites excluding steroid dienone is 2. The first-order valence-electron chi connectivity index (χ1n) is 8.60. The third-order valence-corrected chi connectivity index (χ3v) is 6.91. The van der Waals surface area contributed by atoms with Gasteiger partial charge in [-0.05, 0) is 67.6 Å². The molecule has 4 aliphatic carbocycles. The summed E-state index contributed by atoms with van der Waals surface area (Å²) < 4.78 is 12.0. The van der Waals surface area contributed by atoms with Crippen molar-refractivity contribution in [3.63, 3.8) is 0 Å². The van der Waals surface area contributed by atoms with Gasteiger partial charge in [0.15, 0.2) is 6.29 Å². The molecule has 3 fully saturated rings. The van der Waals surface area contributed by atoms with Crippen molar-refractivity contribution in [3.8, 4) is 0 Å². The lowest BCUT2D eigenvalue weighted by atomic mass is 9.61. The highest BCUT2D eigenvalue weighted by Crippen LogP contribution is 2.72. The molecule has 0 amide bonds. The first-order valence-corrected chi connectivity index (χ1v) is 8.60. The lowest BCUT2D eigenvalue weighted by molar-refractivity contribution is -0.182. The second-order valence-electron chi connectivity index (χ2n) is 7.73. The largest absolute Gasteiger partial charge is 0.353 e. The van der Waals surface area contributed by atoms with Gasteiger partial charge in [0, 0.05) is 6.61 Å². The molecule has 2 nitrogen and oxygen atoms in total. The zero-order chi connectivity index (χ0) is 13.9. The molecule has 0 aliphatic heterocycles. The summed E-state index contributed by atoms with van der Waals surface area (Å²) in [6, 6.07) is 0. The molecule has 0 radical (unpaired) electrons. The molecule has 20 heavy (non-hydrogen) atoms. The molecular formula is C18H28O2. The fourth-order valence-corrected chi connectivity index (χ4v) is 6.16. The summed E-state index contributed by atoms with van der Waals surface area (Å²) in [7, 11) is 0. The van der Waals surface area contributed by atoms with E-state index in [-0.39, 0.29) is 6.29 Å². The molecule has 0 aromatic rings. The van der Waals surface area contributed by atoms with Crippen molar-refractivity contribution in [2.24, 2.45) is 35.0 Å². The number of ether oxygens (including phenoxy) is 2. The van der Waals surface area contributed by atoms with E-state index in [4.69, 9.17) is 9.47 Å². The van der Waals surface area contributed by atoms with Crippen LogP contribution in [-0.2, 0) is 9.47 Å². The van der Waals surface area contributed by atoms with E-state index < -0.39 is 0 Å². The van der Waals surface area contributed by atoms with Crippen LogP contribution in [0.2, 0.25) is 0 Å². The molecule has 4 aliphatic rings. The molecule has 8 unspecified atom stereocenters. The maximum Gasteiger partial charge on any atom is 0.155 e. The van der Waals surface area contributed by atoms with Crippen molar-refractivity contribution in [1.82, 2.24) is 0 Å². The lowest BCUT2D eigenvalue weighted by Crippen LogP contribution is -2.43. The Morgan fingerprint density at radius 2 is 2.10 bits per heavy atom.